The van der Waals surface area contributed by atoms with E-state index in [0.29, 0.717) is 5.92 Å². The Bertz CT molecular complexity index is 363. The topological polar surface area (TPSA) is 3.24 Å². The molecule has 0 bridgehead atoms. The fourth-order valence-electron chi connectivity index (χ4n) is 3.50. The van der Waals surface area contributed by atoms with Crippen LogP contribution in [0.1, 0.15) is 38.7 Å². The van der Waals surface area contributed by atoms with Gasteiger partial charge in [0.1, 0.15) is 0 Å². The molecule has 2 atom stereocenters. The zero-order chi connectivity index (χ0) is 14.4. The number of rotatable bonds is 6. The van der Waals surface area contributed by atoms with Gasteiger partial charge in [-0.1, -0.05) is 51.1 Å². The van der Waals surface area contributed by atoms with Gasteiger partial charge in [-0.05, 0) is 62.1 Å². The normalized spacial score (nSPS) is 19.4. The summed E-state index contributed by atoms with van der Waals surface area (Å²) in [4.78, 5) is 2.66. The first-order valence-electron chi connectivity index (χ1n) is 8.23. The maximum atomic E-state index is 4.13. The number of likely N-dealkylation sites (tertiary alicyclic amines) is 1. The maximum absolute atomic E-state index is 4.13. The van der Waals surface area contributed by atoms with E-state index in [-0.39, 0.29) is 0 Å². The fourth-order valence-corrected chi connectivity index (χ4v) is 3.50. The third kappa shape index (κ3) is 5.28. The summed E-state index contributed by atoms with van der Waals surface area (Å²) in [6, 6.07) is 10.9. The minimum atomic E-state index is 0.614. The molecule has 111 valence electrons. The first kappa shape index (κ1) is 15.6. The van der Waals surface area contributed by atoms with Crippen molar-refractivity contribution in [3.8, 4) is 0 Å². The molecule has 1 aliphatic heterocycles. The van der Waals surface area contributed by atoms with Gasteiger partial charge in [-0.2, -0.15) is 0 Å². The number of hydrogen-bond acceptors (Lipinski definition) is 1. The van der Waals surface area contributed by atoms with E-state index in [1.807, 2.05) is 0 Å². The lowest BCUT2D eigenvalue weighted by Crippen LogP contribution is -2.37. The molecule has 1 fully saturated rings. The monoisotopic (exact) mass is 272 g/mol. The van der Waals surface area contributed by atoms with Gasteiger partial charge in [-0.15, -0.1) is 0 Å². The molecule has 0 aromatic heterocycles. The highest BCUT2D eigenvalue weighted by Crippen LogP contribution is 2.24. The molecule has 20 heavy (non-hydrogen) atoms. The average Bonchev–Trinajstić information content (AvgIpc) is 2.41. The van der Waals surface area contributed by atoms with Gasteiger partial charge in [0.05, 0.1) is 0 Å². The Morgan fingerprint density at radius 3 is 2.40 bits per heavy atom. The van der Waals surface area contributed by atoms with Crippen LogP contribution in [0.2, 0.25) is 0 Å². The van der Waals surface area contributed by atoms with Gasteiger partial charge in [0.25, 0.3) is 0 Å². The Morgan fingerprint density at radius 2 is 1.80 bits per heavy atom. The average molecular weight is 272 g/mol. The second kappa shape index (κ2) is 7.83. The fraction of sp³-hybridized carbons (Fsp3) is 0.632. The van der Waals surface area contributed by atoms with Crippen molar-refractivity contribution >= 4 is 0 Å². The van der Waals surface area contributed by atoms with Crippen LogP contribution < -0.4 is 0 Å². The number of nitrogens with zero attached hydrogens (tertiary/aromatic N) is 1. The number of hydrogen-bond donors (Lipinski definition) is 0. The predicted molar refractivity (Wildman–Crippen MR) is 87.6 cm³/mol. The second-order valence-electron chi connectivity index (χ2n) is 6.88. The van der Waals surface area contributed by atoms with Crippen molar-refractivity contribution < 1.29 is 0 Å². The first-order valence-corrected chi connectivity index (χ1v) is 8.23. The largest absolute Gasteiger partial charge is 0.303 e. The summed E-state index contributed by atoms with van der Waals surface area (Å²) >= 11 is 0. The summed E-state index contributed by atoms with van der Waals surface area (Å²) in [6.07, 6.45) is 5.26. The van der Waals surface area contributed by atoms with Gasteiger partial charge in [-0.25, -0.2) is 0 Å². The lowest BCUT2D eigenvalue weighted by atomic mass is 9.88. The smallest absolute Gasteiger partial charge is 0.00102 e. The molecule has 0 N–H and O–H groups in total. The molecule has 2 unspecified atom stereocenters. The lowest BCUT2D eigenvalue weighted by molar-refractivity contribution is 0.155. The highest BCUT2D eigenvalue weighted by atomic mass is 15.1. The van der Waals surface area contributed by atoms with Crippen molar-refractivity contribution in [2.45, 2.75) is 39.5 Å². The summed E-state index contributed by atoms with van der Waals surface area (Å²) in [7, 11) is 0. The molecule has 0 aliphatic carbocycles. The Balaban J connectivity index is 1.70. The van der Waals surface area contributed by atoms with E-state index < -0.39 is 0 Å². The molecule has 1 radical (unpaired) electrons. The summed E-state index contributed by atoms with van der Waals surface area (Å²) < 4.78 is 0. The van der Waals surface area contributed by atoms with Crippen LogP contribution in [0, 0.1) is 24.7 Å². The van der Waals surface area contributed by atoms with Gasteiger partial charge >= 0.3 is 0 Å². The standard InChI is InChI=1S/C19H30N/c1-16(2)13-19-9-11-20(12-10-19)15-17(3)14-18-7-5-4-6-8-18/h4-8,16-17,19H,1,9-15H2,2-3H3. The molecular formula is C19H30N. The third-order valence-corrected chi connectivity index (χ3v) is 4.44. The van der Waals surface area contributed by atoms with Crippen LogP contribution in [0.4, 0.5) is 0 Å². The van der Waals surface area contributed by atoms with Crippen LogP contribution in [0.3, 0.4) is 0 Å². The van der Waals surface area contributed by atoms with Crippen molar-refractivity contribution in [3.63, 3.8) is 0 Å². The molecule has 1 aromatic rings. The predicted octanol–water partition coefficient (Wildman–Crippen LogP) is 4.44. The maximum Gasteiger partial charge on any atom is 0.00102 e. The Kier molecular flexibility index (Phi) is 6.09. The Morgan fingerprint density at radius 1 is 1.15 bits per heavy atom. The molecule has 1 heterocycles. The third-order valence-electron chi connectivity index (χ3n) is 4.44. The summed E-state index contributed by atoms with van der Waals surface area (Å²) in [5.74, 6) is 2.28. The zero-order valence-electron chi connectivity index (χ0n) is 13.2. The van der Waals surface area contributed by atoms with Gasteiger partial charge in [0.2, 0.25) is 0 Å². The number of benzene rings is 1. The summed E-state index contributed by atoms with van der Waals surface area (Å²) in [6.45, 7) is 12.6. The first-order chi connectivity index (χ1) is 9.63. The van der Waals surface area contributed by atoms with Crippen LogP contribution >= 0.6 is 0 Å². The minimum absolute atomic E-state index is 0.614. The molecular weight excluding hydrogens is 242 g/mol. The molecule has 2 rings (SSSR count). The van der Waals surface area contributed by atoms with Gasteiger partial charge in [0.15, 0.2) is 0 Å². The van der Waals surface area contributed by atoms with Crippen LogP contribution in [-0.4, -0.2) is 24.5 Å². The van der Waals surface area contributed by atoms with Gasteiger partial charge in [-0.3, -0.25) is 0 Å². The van der Waals surface area contributed by atoms with E-state index in [1.54, 1.807) is 0 Å². The van der Waals surface area contributed by atoms with E-state index in [1.165, 1.54) is 50.9 Å². The summed E-state index contributed by atoms with van der Waals surface area (Å²) in [5.41, 5.74) is 1.47. The van der Waals surface area contributed by atoms with E-state index in [4.69, 9.17) is 0 Å². The van der Waals surface area contributed by atoms with E-state index in [0.717, 1.165) is 11.8 Å². The second-order valence-corrected chi connectivity index (χ2v) is 6.88. The van der Waals surface area contributed by atoms with Crippen LogP contribution in [0.25, 0.3) is 0 Å². The zero-order valence-corrected chi connectivity index (χ0v) is 13.2. The van der Waals surface area contributed by atoms with Crippen molar-refractivity contribution in [3.05, 3.63) is 42.8 Å². The lowest BCUT2D eigenvalue weighted by Gasteiger charge is -2.34. The molecule has 1 heteroatoms. The summed E-state index contributed by atoms with van der Waals surface area (Å²) in [5, 5.41) is 0. The quantitative estimate of drug-likeness (QED) is 0.740. The molecule has 0 saturated carbocycles. The number of piperidine rings is 1. The minimum Gasteiger partial charge on any atom is -0.303 e. The SMILES string of the molecule is [CH2]C(C)CC1CCN(CC(C)Cc2ccccc2)CC1. The van der Waals surface area contributed by atoms with E-state index in [2.05, 4.69) is 56.0 Å². The van der Waals surface area contributed by atoms with Crippen molar-refractivity contribution in [1.82, 2.24) is 4.90 Å². The highest BCUT2D eigenvalue weighted by Gasteiger charge is 2.21. The van der Waals surface area contributed by atoms with Crippen molar-refractivity contribution in [2.24, 2.45) is 17.8 Å². The van der Waals surface area contributed by atoms with E-state index >= 15 is 0 Å². The van der Waals surface area contributed by atoms with Gasteiger partial charge < -0.3 is 4.90 Å². The molecule has 1 aromatic carbocycles. The molecule has 1 aliphatic rings. The van der Waals surface area contributed by atoms with Crippen LogP contribution in [-0.2, 0) is 6.42 Å². The van der Waals surface area contributed by atoms with Crippen LogP contribution in [0.15, 0.2) is 30.3 Å². The Labute approximate surface area is 125 Å². The van der Waals surface area contributed by atoms with Crippen molar-refractivity contribution in [1.29, 1.82) is 0 Å². The van der Waals surface area contributed by atoms with Crippen molar-refractivity contribution in [2.75, 3.05) is 19.6 Å². The molecule has 1 saturated heterocycles. The van der Waals surface area contributed by atoms with E-state index in [9.17, 15) is 0 Å². The molecule has 0 amide bonds. The molecule has 1 nitrogen and oxygen atoms in total. The molecule has 0 spiro atoms. The Hall–Kier alpha value is -0.820. The highest BCUT2D eigenvalue weighted by molar-refractivity contribution is 5.15. The van der Waals surface area contributed by atoms with Crippen LogP contribution in [0.5, 0.6) is 0 Å². The van der Waals surface area contributed by atoms with Gasteiger partial charge in [0, 0.05) is 6.54 Å².